The number of nitrogens with two attached hydrogens (primary N) is 1. The predicted molar refractivity (Wildman–Crippen MR) is 153 cm³/mol. The summed E-state index contributed by atoms with van der Waals surface area (Å²) in [6.45, 7) is 2.85. The Hall–Kier alpha value is -3.94. The first-order valence-electron chi connectivity index (χ1n) is 13.5. The van der Waals surface area contributed by atoms with Crippen molar-refractivity contribution >= 4 is 22.5 Å². The number of benzene rings is 4. The number of carbonyl (C=O) groups is 2. The van der Waals surface area contributed by atoms with Crippen LogP contribution in [-0.2, 0) is 28.9 Å². The SMILES string of the molecule is CCc1cccc(CNCC(OC(=O)CCC(=O)c2ccc3ccccc3c2)C(N)Cc2cc(F)cc(F)c2)c1. The first-order valence-corrected chi connectivity index (χ1v) is 13.5. The molecule has 0 amide bonds. The summed E-state index contributed by atoms with van der Waals surface area (Å²) < 4.78 is 33.2. The van der Waals surface area contributed by atoms with E-state index in [2.05, 4.69) is 24.4 Å². The van der Waals surface area contributed by atoms with Gasteiger partial charge in [0.25, 0.3) is 0 Å². The summed E-state index contributed by atoms with van der Waals surface area (Å²) in [6.07, 6.45) is 0.133. The Morgan fingerprint density at radius 1 is 0.825 bits per heavy atom. The van der Waals surface area contributed by atoms with Crippen molar-refractivity contribution in [2.75, 3.05) is 6.54 Å². The van der Waals surface area contributed by atoms with Crippen molar-refractivity contribution in [1.29, 1.82) is 0 Å². The number of fused-ring (bicyclic) bond motifs is 1. The van der Waals surface area contributed by atoms with E-state index in [1.165, 1.54) is 17.7 Å². The standard InChI is InChI=1S/C33H34F2N2O3/c1-2-22-6-5-7-23(14-22)20-37-21-32(30(36)17-24-15-28(34)19-29(35)16-24)40-33(39)13-12-31(38)27-11-10-25-8-3-4-9-26(25)18-27/h3-11,14-16,18-19,30,32,37H,2,12-13,17,20-21,36H2,1H3. The van der Waals surface area contributed by atoms with Crippen molar-refractivity contribution in [3.63, 3.8) is 0 Å². The van der Waals surface area contributed by atoms with E-state index in [1.54, 1.807) is 6.07 Å². The maximum absolute atomic E-state index is 13.7. The lowest BCUT2D eigenvalue weighted by atomic mass is 10.0. The van der Waals surface area contributed by atoms with Gasteiger partial charge in [0.15, 0.2) is 5.78 Å². The molecule has 4 aromatic carbocycles. The molecule has 0 radical (unpaired) electrons. The van der Waals surface area contributed by atoms with E-state index in [4.69, 9.17) is 10.5 Å². The average molecular weight is 545 g/mol. The Labute approximate surface area is 233 Å². The van der Waals surface area contributed by atoms with Crippen LogP contribution in [0.25, 0.3) is 10.8 Å². The minimum atomic E-state index is -0.774. The minimum absolute atomic E-state index is 0.00845. The van der Waals surface area contributed by atoms with Crippen LogP contribution in [0.1, 0.15) is 46.8 Å². The van der Waals surface area contributed by atoms with E-state index in [0.717, 1.165) is 28.8 Å². The molecule has 0 saturated heterocycles. The fourth-order valence-electron chi connectivity index (χ4n) is 4.68. The summed E-state index contributed by atoms with van der Waals surface area (Å²) in [7, 11) is 0. The maximum atomic E-state index is 13.7. The van der Waals surface area contributed by atoms with Gasteiger partial charge in [-0.2, -0.15) is 0 Å². The molecule has 40 heavy (non-hydrogen) atoms. The second kappa shape index (κ2) is 13.9. The molecule has 0 saturated carbocycles. The zero-order valence-corrected chi connectivity index (χ0v) is 22.5. The molecule has 4 rings (SSSR count). The highest BCUT2D eigenvalue weighted by Crippen LogP contribution is 2.18. The first kappa shape index (κ1) is 29.1. The molecule has 7 heteroatoms. The molecule has 0 aliphatic rings. The van der Waals surface area contributed by atoms with Crippen LogP contribution in [0.5, 0.6) is 0 Å². The maximum Gasteiger partial charge on any atom is 0.306 e. The third-order valence-corrected chi connectivity index (χ3v) is 6.86. The number of esters is 1. The third-order valence-electron chi connectivity index (χ3n) is 6.86. The molecule has 0 fully saturated rings. The molecule has 208 valence electrons. The van der Waals surface area contributed by atoms with Crippen LogP contribution in [0.3, 0.4) is 0 Å². The second-order valence-corrected chi connectivity index (χ2v) is 9.96. The molecule has 0 heterocycles. The van der Waals surface area contributed by atoms with Crippen LogP contribution in [-0.4, -0.2) is 30.4 Å². The highest BCUT2D eigenvalue weighted by Gasteiger charge is 2.23. The number of carbonyl (C=O) groups excluding carboxylic acids is 2. The van der Waals surface area contributed by atoms with Crippen molar-refractivity contribution in [3.05, 3.63) is 119 Å². The van der Waals surface area contributed by atoms with Gasteiger partial charge in [-0.25, -0.2) is 8.78 Å². The highest BCUT2D eigenvalue weighted by molar-refractivity contribution is 6.00. The lowest BCUT2D eigenvalue weighted by Crippen LogP contribution is -2.46. The van der Waals surface area contributed by atoms with E-state index in [-0.39, 0.29) is 31.6 Å². The van der Waals surface area contributed by atoms with Crippen molar-refractivity contribution in [3.8, 4) is 0 Å². The molecule has 0 aromatic heterocycles. The molecule has 0 aliphatic heterocycles. The zero-order chi connectivity index (χ0) is 28.5. The summed E-state index contributed by atoms with van der Waals surface area (Å²) in [5.41, 5.74) is 9.58. The first-order chi connectivity index (χ1) is 19.3. The highest BCUT2D eigenvalue weighted by atomic mass is 19.1. The molecular weight excluding hydrogens is 510 g/mol. The largest absolute Gasteiger partial charge is 0.459 e. The summed E-state index contributed by atoms with van der Waals surface area (Å²) in [5.74, 6) is -2.11. The summed E-state index contributed by atoms with van der Waals surface area (Å²) >= 11 is 0. The quantitative estimate of drug-likeness (QED) is 0.161. The fraction of sp³-hybridized carbons (Fsp3) is 0.273. The summed E-state index contributed by atoms with van der Waals surface area (Å²) in [5, 5.41) is 5.26. The van der Waals surface area contributed by atoms with Crippen molar-refractivity contribution in [2.45, 2.75) is 51.3 Å². The average Bonchev–Trinajstić information content (AvgIpc) is 2.94. The van der Waals surface area contributed by atoms with Gasteiger partial charge in [0.1, 0.15) is 17.7 Å². The Morgan fingerprint density at radius 3 is 2.30 bits per heavy atom. The fourth-order valence-corrected chi connectivity index (χ4v) is 4.68. The topological polar surface area (TPSA) is 81.4 Å². The van der Waals surface area contributed by atoms with Crippen LogP contribution in [0.15, 0.2) is 84.9 Å². The number of Topliss-reactive ketones (excluding diaryl/α,β-unsaturated/α-hetero) is 1. The summed E-state index contributed by atoms with van der Waals surface area (Å²) in [6, 6.07) is 23.8. The van der Waals surface area contributed by atoms with Gasteiger partial charge in [-0.1, -0.05) is 67.6 Å². The van der Waals surface area contributed by atoms with E-state index in [9.17, 15) is 18.4 Å². The van der Waals surface area contributed by atoms with E-state index in [1.807, 2.05) is 48.5 Å². The van der Waals surface area contributed by atoms with Gasteiger partial charge in [0.05, 0.1) is 6.42 Å². The van der Waals surface area contributed by atoms with Crippen molar-refractivity contribution < 1.29 is 23.1 Å². The lowest BCUT2D eigenvalue weighted by Gasteiger charge is -2.25. The Morgan fingerprint density at radius 2 is 1.55 bits per heavy atom. The smallest absolute Gasteiger partial charge is 0.306 e. The van der Waals surface area contributed by atoms with Gasteiger partial charge >= 0.3 is 5.97 Å². The molecule has 2 atom stereocenters. The molecule has 0 spiro atoms. The van der Waals surface area contributed by atoms with Gasteiger partial charge in [-0.05, 0) is 58.5 Å². The molecule has 0 aliphatic carbocycles. The number of rotatable bonds is 13. The number of ketones is 1. The van der Waals surface area contributed by atoms with Crippen LogP contribution in [0, 0.1) is 11.6 Å². The number of aryl methyl sites for hydroxylation is 1. The molecular formula is C33H34F2N2O3. The van der Waals surface area contributed by atoms with E-state index >= 15 is 0 Å². The van der Waals surface area contributed by atoms with Crippen LogP contribution >= 0.6 is 0 Å². The molecule has 0 bridgehead atoms. The number of hydrogen-bond donors (Lipinski definition) is 2. The number of ether oxygens (including phenoxy) is 1. The minimum Gasteiger partial charge on any atom is -0.459 e. The number of nitrogens with one attached hydrogen (secondary N) is 1. The van der Waals surface area contributed by atoms with Crippen molar-refractivity contribution in [1.82, 2.24) is 5.32 Å². The molecule has 4 aromatic rings. The van der Waals surface area contributed by atoms with E-state index < -0.39 is 29.7 Å². The van der Waals surface area contributed by atoms with Gasteiger partial charge in [-0.15, -0.1) is 0 Å². The number of hydrogen-bond acceptors (Lipinski definition) is 5. The van der Waals surface area contributed by atoms with Gasteiger partial charge in [0.2, 0.25) is 0 Å². The normalized spacial score (nSPS) is 12.7. The van der Waals surface area contributed by atoms with Crippen molar-refractivity contribution in [2.24, 2.45) is 5.73 Å². The van der Waals surface area contributed by atoms with Gasteiger partial charge in [0, 0.05) is 37.2 Å². The second-order valence-electron chi connectivity index (χ2n) is 9.96. The predicted octanol–water partition coefficient (Wildman–Crippen LogP) is 5.91. The Kier molecular flexibility index (Phi) is 10.1. The van der Waals surface area contributed by atoms with Crippen LogP contribution in [0.4, 0.5) is 8.78 Å². The monoisotopic (exact) mass is 544 g/mol. The molecule has 5 nitrogen and oxygen atoms in total. The number of halogens is 2. The van der Waals surface area contributed by atoms with E-state index in [0.29, 0.717) is 17.7 Å². The lowest BCUT2D eigenvalue weighted by molar-refractivity contribution is -0.149. The van der Waals surface area contributed by atoms with Gasteiger partial charge < -0.3 is 15.8 Å². The zero-order valence-electron chi connectivity index (χ0n) is 22.5. The Bertz CT molecular complexity index is 1450. The third kappa shape index (κ3) is 8.28. The summed E-state index contributed by atoms with van der Waals surface area (Å²) in [4.78, 5) is 25.6. The molecule has 3 N–H and O–H groups in total. The molecule has 2 unspecified atom stereocenters. The van der Waals surface area contributed by atoms with Crippen LogP contribution in [0.2, 0.25) is 0 Å². The van der Waals surface area contributed by atoms with Gasteiger partial charge in [-0.3, -0.25) is 9.59 Å². The van der Waals surface area contributed by atoms with Crippen LogP contribution < -0.4 is 11.1 Å². The Balaban J connectivity index is 1.38.